The number of carboxylic acids is 1. The number of hydrogen-bond acceptors (Lipinski definition) is 4. The van der Waals surface area contributed by atoms with E-state index in [9.17, 15) is 19.8 Å². The van der Waals surface area contributed by atoms with Crippen molar-refractivity contribution in [3.8, 4) is 5.75 Å². The molecule has 0 unspecified atom stereocenters. The van der Waals surface area contributed by atoms with Crippen LogP contribution in [0.1, 0.15) is 35.3 Å². The molecule has 0 aliphatic rings. The SMILES string of the molecule is CC(C)(C(=O)O)c1ccc(C=CC(=O)c2ccccc2O)c(S)c1. The molecule has 0 radical (unpaired) electrons. The van der Waals surface area contributed by atoms with E-state index >= 15 is 0 Å². The standard InChI is InChI=1S/C19H18O4S/c1-19(2,18(22)23)13-9-7-12(17(24)11-13)8-10-16(21)14-5-3-4-6-15(14)20/h3-11,20,24H,1-2H3,(H,22,23). The number of aliphatic carboxylic acids is 1. The van der Waals surface area contributed by atoms with Crippen molar-refractivity contribution >= 4 is 30.5 Å². The topological polar surface area (TPSA) is 74.6 Å². The van der Waals surface area contributed by atoms with Crippen LogP contribution in [0.4, 0.5) is 0 Å². The monoisotopic (exact) mass is 342 g/mol. The second-order valence-corrected chi connectivity index (χ2v) is 6.40. The number of benzene rings is 2. The summed E-state index contributed by atoms with van der Waals surface area (Å²) < 4.78 is 0. The Morgan fingerprint density at radius 1 is 1.12 bits per heavy atom. The van der Waals surface area contributed by atoms with E-state index in [0.29, 0.717) is 16.0 Å². The van der Waals surface area contributed by atoms with Gasteiger partial charge in [0, 0.05) is 4.90 Å². The van der Waals surface area contributed by atoms with Gasteiger partial charge >= 0.3 is 5.97 Å². The third-order valence-corrected chi connectivity index (χ3v) is 4.26. The lowest BCUT2D eigenvalue weighted by Gasteiger charge is -2.20. The Labute approximate surface area is 145 Å². The summed E-state index contributed by atoms with van der Waals surface area (Å²) in [5.74, 6) is -1.32. The van der Waals surface area contributed by atoms with Crippen LogP contribution < -0.4 is 0 Å². The molecule has 2 aromatic carbocycles. The maximum Gasteiger partial charge on any atom is 0.313 e. The zero-order valence-corrected chi connectivity index (χ0v) is 14.2. The molecule has 2 N–H and O–H groups in total. The van der Waals surface area contributed by atoms with Crippen molar-refractivity contribution in [3.63, 3.8) is 0 Å². The van der Waals surface area contributed by atoms with Crippen LogP contribution in [0.5, 0.6) is 5.75 Å². The van der Waals surface area contributed by atoms with Crippen molar-refractivity contribution in [2.45, 2.75) is 24.2 Å². The molecule has 0 aliphatic heterocycles. The summed E-state index contributed by atoms with van der Waals surface area (Å²) in [4.78, 5) is 24.0. The number of carbonyl (C=O) groups excluding carboxylic acids is 1. The number of allylic oxidation sites excluding steroid dienone is 1. The Balaban J connectivity index is 2.27. The minimum absolute atomic E-state index is 0.0724. The van der Waals surface area contributed by atoms with Crippen LogP contribution in [0.25, 0.3) is 6.08 Å². The van der Waals surface area contributed by atoms with Crippen LogP contribution in [0.15, 0.2) is 53.4 Å². The second kappa shape index (κ2) is 6.93. The zero-order chi connectivity index (χ0) is 17.9. The molecule has 0 aromatic heterocycles. The normalized spacial score (nSPS) is 11.6. The van der Waals surface area contributed by atoms with Gasteiger partial charge in [-0.3, -0.25) is 9.59 Å². The fraction of sp³-hybridized carbons (Fsp3) is 0.158. The average molecular weight is 342 g/mol. The van der Waals surface area contributed by atoms with E-state index in [1.165, 1.54) is 12.1 Å². The Hall–Kier alpha value is -2.53. The zero-order valence-electron chi connectivity index (χ0n) is 13.4. The number of phenolic OH excluding ortho intramolecular Hbond substituents is 1. The highest BCUT2D eigenvalue weighted by atomic mass is 32.1. The molecule has 0 saturated heterocycles. The largest absolute Gasteiger partial charge is 0.507 e. The van der Waals surface area contributed by atoms with Gasteiger partial charge in [0.15, 0.2) is 5.78 Å². The molecule has 2 rings (SSSR count). The van der Waals surface area contributed by atoms with Gasteiger partial charge in [-0.05, 0) is 55.3 Å². The highest BCUT2D eigenvalue weighted by molar-refractivity contribution is 7.80. The molecular formula is C19H18O4S. The highest BCUT2D eigenvalue weighted by Gasteiger charge is 2.29. The number of para-hydroxylation sites is 1. The molecule has 0 spiro atoms. The molecule has 0 bridgehead atoms. The Kier molecular flexibility index (Phi) is 5.14. The van der Waals surface area contributed by atoms with Crippen LogP contribution in [0, 0.1) is 0 Å². The molecular weight excluding hydrogens is 324 g/mol. The van der Waals surface area contributed by atoms with Gasteiger partial charge in [0.05, 0.1) is 11.0 Å². The van der Waals surface area contributed by atoms with Crippen LogP contribution in [-0.2, 0) is 10.2 Å². The van der Waals surface area contributed by atoms with Crippen molar-refractivity contribution in [3.05, 3.63) is 65.2 Å². The first-order valence-corrected chi connectivity index (χ1v) is 7.75. The maximum atomic E-state index is 12.1. The predicted molar refractivity (Wildman–Crippen MR) is 95.8 cm³/mol. The molecule has 0 amide bonds. The number of carbonyl (C=O) groups is 2. The molecule has 24 heavy (non-hydrogen) atoms. The first-order valence-electron chi connectivity index (χ1n) is 7.31. The van der Waals surface area contributed by atoms with Crippen molar-refractivity contribution < 1.29 is 19.8 Å². The summed E-state index contributed by atoms with van der Waals surface area (Å²) in [7, 11) is 0. The van der Waals surface area contributed by atoms with E-state index in [4.69, 9.17) is 0 Å². The summed E-state index contributed by atoms with van der Waals surface area (Å²) in [6.07, 6.45) is 2.95. The van der Waals surface area contributed by atoms with Gasteiger partial charge in [-0.1, -0.05) is 24.3 Å². The average Bonchev–Trinajstić information content (AvgIpc) is 2.53. The Bertz CT molecular complexity index is 822. The molecule has 2 aromatic rings. The summed E-state index contributed by atoms with van der Waals surface area (Å²) >= 11 is 4.37. The fourth-order valence-corrected chi connectivity index (χ4v) is 2.42. The van der Waals surface area contributed by atoms with E-state index < -0.39 is 11.4 Å². The molecule has 4 nitrogen and oxygen atoms in total. The van der Waals surface area contributed by atoms with Crippen molar-refractivity contribution in [1.29, 1.82) is 0 Å². The van der Waals surface area contributed by atoms with Gasteiger partial charge in [0.2, 0.25) is 0 Å². The lowest BCUT2D eigenvalue weighted by atomic mass is 9.84. The van der Waals surface area contributed by atoms with Gasteiger partial charge in [-0.15, -0.1) is 12.6 Å². The lowest BCUT2D eigenvalue weighted by molar-refractivity contribution is -0.142. The van der Waals surface area contributed by atoms with Gasteiger partial charge < -0.3 is 10.2 Å². The molecule has 0 aliphatic carbocycles. The van der Waals surface area contributed by atoms with Crippen LogP contribution >= 0.6 is 12.6 Å². The highest BCUT2D eigenvalue weighted by Crippen LogP contribution is 2.28. The van der Waals surface area contributed by atoms with Gasteiger partial charge in [0.25, 0.3) is 0 Å². The summed E-state index contributed by atoms with van der Waals surface area (Å²) in [5.41, 5.74) is 0.514. The number of ketones is 1. The van der Waals surface area contributed by atoms with Crippen molar-refractivity contribution in [2.75, 3.05) is 0 Å². The third-order valence-electron chi connectivity index (χ3n) is 3.87. The molecule has 0 fully saturated rings. The Morgan fingerprint density at radius 2 is 1.79 bits per heavy atom. The number of aromatic hydroxyl groups is 1. The van der Waals surface area contributed by atoms with E-state index in [1.807, 2.05) is 0 Å². The van der Waals surface area contributed by atoms with E-state index in [0.717, 1.165) is 0 Å². The van der Waals surface area contributed by atoms with Crippen LogP contribution in [0.3, 0.4) is 0 Å². The van der Waals surface area contributed by atoms with Crippen molar-refractivity contribution in [2.24, 2.45) is 0 Å². The second-order valence-electron chi connectivity index (χ2n) is 5.92. The summed E-state index contributed by atoms with van der Waals surface area (Å²) in [5, 5.41) is 19.0. The summed E-state index contributed by atoms with van der Waals surface area (Å²) in [6, 6.07) is 11.4. The molecule has 0 saturated carbocycles. The summed E-state index contributed by atoms with van der Waals surface area (Å²) in [6.45, 7) is 3.24. The van der Waals surface area contributed by atoms with E-state index in [-0.39, 0.29) is 17.1 Å². The minimum Gasteiger partial charge on any atom is -0.507 e. The van der Waals surface area contributed by atoms with Gasteiger partial charge in [0.1, 0.15) is 5.75 Å². The molecule has 124 valence electrons. The number of rotatable bonds is 5. The first kappa shape index (κ1) is 17.8. The number of phenols is 1. The van der Waals surface area contributed by atoms with Gasteiger partial charge in [-0.2, -0.15) is 0 Å². The minimum atomic E-state index is -1.02. The number of hydrogen-bond donors (Lipinski definition) is 3. The van der Waals surface area contributed by atoms with Crippen LogP contribution in [-0.4, -0.2) is 22.0 Å². The maximum absolute atomic E-state index is 12.1. The molecule has 0 atom stereocenters. The predicted octanol–water partition coefficient (Wildman–Crippen LogP) is 3.94. The number of carboxylic acid groups (broad SMARTS) is 1. The number of thiol groups is 1. The quantitative estimate of drug-likeness (QED) is 0.437. The molecule has 0 heterocycles. The lowest BCUT2D eigenvalue weighted by Crippen LogP contribution is -2.28. The van der Waals surface area contributed by atoms with E-state index in [2.05, 4.69) is 12.6 Å². The van der Waals surface area contributed by atoms with Gasteiger partial charge in [-0.25, -0.2) is 0 Å². The van der Waals surface area contributed by atoms with Crippen molar-refractivity contribution in [1.82, 2.24) is 0 Å². The van der Waals surface area contributed by atoms with E-state index in [1.54, 1.807) is 56.3 Å². The first-order chi connectivity index (χ1) is 11.2. The van der Waals surface area contributed by atoms with Crippen LogP contribution in [0.2, 0.25) is 0 Å². The third kappa shape index (κ3) is 3.68. The Morgan fingerprint density at radius 3 is 2.38 bits per heavy atom. The fourth-order valence-electron chi connectivity index (χ4n) is 2.13. The smallest absolute Gasteiger partial charge is 0.313 e. The molecule has 5 heteroatoms.